The maximum atomic E-state index is 17.9. The summed E-state index contributed by atoms with van der Waals surface area (Å²) in [6.45, 7) is 4.49. The maximum absolute atomic E-state index is 17.9. The lowest BCUT2D eigenvalue weighted by Gasteiger charge is -2.35. The van der Waals surface area contributed by atoms with Gasteiger partial charge in [0.05, 0.1) is 23.9 Å². The van der Waals surface area contributed by atoms with Crippen LogP contribution in [0.5, 0.6) is 0 Å². The van der Waals surface area contributed by atoms with E-state index in [2.05, 4.69) is 364 Å². The van der Waals surface area contributed by atoms with Crippen molar-refractivity contribution >= 4 is 38.7 Å². The minimum Gasteiger partial charge on any atom is -0.377 e. The van der Waals surface area contributed by atoms with Crippen LogP contribution in [0, 0.1) is 13.8 Å². The van der Waals surface area contributed by atoms with Crippen molar-refractivity contribution in [2.24, 2.45) is 0 Å². The lowest BCUT2D eigenvalue weighted by Crippen LogP contribution is -2.32. The fourth-order valence-electron chi connectivity index (χ4n) is 16.3. The van der Waals surface area contributed by atoms with Crippen LogP contribution in [-0.2, 0) is 4.79 Å². The van der Waals surface area contributed by atoms with Gasteiger partial charge in [0.1, 0.15) is 0 Å². The summed E-state index contributed by atoms with van der Waals surface area (Å²) in [4.78, 5) is 17.9. The van der Waals surface area contributed by atoms with E-state index in [0.29, 0.717) is 0 Å². The molecule has 452 valence electrons. The molecule has 3 heteroatoms. The van der Waals surface area contributed by atoms with E-state index in [1.807, 2.05) is 0 Å². The van der Waals surface area contributed by atoms with Crippen LogP contribution in [0.3, 0.4) is 0 Å². The van der Waals surface area contributed by atoms with Crippen LogP contribution >= 0.6 is 0 Å². The third-order valence-corrected chi connectivity index (χ3v) is 20.2. The Kier molecular flexibility index (Phi) is 15.5. The Morgan fingerprint density at radius 1 is 0.266 bits per heavy atom. The number of Topliss-reactive ketones (excluding diaryl/α,β-unsaturated/α-hetero) is 1. The molecule has 94 heavy (non-hydrogen) atoms. The summed E-state index contributed by atoms with van der Waals surface area (Å²) >= 11 is 0. The summed E-state index contributed by atoms with van der Waals surface area (Å²) in [7, 11) is 0. The summed E-state index contributed by atoms with van der Waals surface area (Å²) in [6.07, 6.45) is 0. The number of aryl methyl sites for hydroxylation is 2. The molecule has 0 heterocycles. The van der Waals surface area contributed by atoms with Gasteiger partial charge in [-0.3, -0.25) is 4.79 Å². The van der Waals surface area contributed by atoms with Gasteiger partial charge in [0.15, 0.2) is 5.78 Å². The van der Waals surface area contributed by atoms with Crippen molar-refractivity contribution in [3.05, 3.63) is 440 Å². The second kappa shape index (κ2) is 25.2. The molecule has 0 saturated heterocycles. The molecule has 2 aliphatic carbocycles. The molecule has 16 rings (SSSR count). The van der Waals surface area contributed by atoms with Crippen LogP contribution in [0.2, 0.25) is 0 Å². The second-order valence-electron chi connectivity index (χ2n) is 25.8. The van der Waals surface area contributed by atoms with Gasteiger partial charge < -0.3 is 10.6 Å². The average molecular weight is 1210 g/mol. The highest BCUT2D eigenvalue weighted by molar-refractivity contribution is 6.07. The fraction of sp³-hybridized carbons (Fsp3) is 0.110. The Balaban J connectivity index is 0.931. The SMILES string of the molecule is Cc1cc(C(c2ccccc2)c2ccccc2)c(NC2c3cccc4cccc(c34)C2C(=O)C2c3cccc4cccc(c34)C2Nc2c(C(c3ccccc3)c3ccccc3)cc(C)cc2C(c2ccccc2)c2ccccc2)c(C(c2ccccc2)c2ccccc2)c1. The number of carbonyl (C=O) groups excluding carboxylic acids is 1. The van der Waals surface area contributed by atoms with E-state index in [-0.39, 0.29) is 29.5 Å². The minimum atomic E-state index is -0.625. The van der Waals surface area contributed by atoms with Crippen molar-refractivity contribution in [2.45, 2.75) is 61.4 Å². The van der Waals surface area contributed by atoms with Crippen molar-refractivity contribution in [3.8, 4) is 0 Å². The predicted octanol–water partition coefficient (Wildman–Crippen LogP) is 22.1. The van der Waals surface area contributed by atoms with Crippen molar-refractivity contribution in [1.29, 1.82) is 0 Å². The van der Waals surface area contributed by atoms with Crippen LogP contribution in [0.15, 0.2) is 340 Å². The molecule has 0 fully saturated rings. The van der Waals surface area contributed by atoms with Crippen molar-refractivity contribution in [3.63, 3.8) is 0 Å². The molecule has 0 aliphatic heterocycles. The third-order valence-electron chi connectivity index (χ3n) is 20.2. The fourth-order valence-corrected chi connectivity index (χ4v) is 16.3. The first-order chi connectivity index (χ1) is 46.4. The van der Waals surface area contributed by atoms with Gasteiger partial charge in [0.2, 0.25) is 0 Å². The maximum Gasteiger partial charge on any atom is 0.152 e. The Morgan fingerprint density at radius 3 is 0.702 bits per heavy atom. The highest BCUT2D eigenvalue weighted by atomic mass is 16.1. The Labute approximate surface area is 552 Å². The van der Waals surface area contributed by atoms with E-state index in [0.717, 1.165) is 88.6 Å². The Morgan fingerprint density at radius 2 is 0.479 bits per heavy atom. The third kappa shape index (κ3) is 10.6. The van der Waals surface area contributed by atoms with Gasteiger partial charge in [-0.25, -0.2) is 0 Å². The van der Waals surface area contributed by atoms with E-state index in [1.165, 1.54) is 44.5 Å². The van der Waals surface area contributed by atoms with E-state index in [4.69, 9.17) is 0 Å². The standard InChI is InChI=1S/C91H72N2O/c1-59-55-75(79(61-31-11-3-12-32-61)62-33-13-4-14-34-62)87(76(56-59)80(63-35-15-5-16-36-63)64-37-17-6-18-38-64)92-89-73-53-29-49-69-47-27-51-71(83(69)73)85(89)91(94)86-72-52-28-48-70-50-30-54-74(84(70)72)90(86)93-88-77(81(65-39-19-7-20-40-65)66-41-21-8-22-42-66)57-60(2)58-78(88)82(67-43-23-9-24-44-67)68-45-25-10-26-46-68/h3-58,79-82,85-86,89-90,92-93H,1-2H3. The van der Waals surface area contributed by atoms with Crippen molar-refractivity contribution < 1.29 is 4.79 Å². The van der Waals surface area contributed by atoms with Gasteiger partial charge in [-0.1, -0.05) is 351 Å². The van der Waals surface area contributed by atoms with E-state index in [1.54, 1.807) is 0 Å². The molecule has 2 N–H and O–H groups in total. The van der Waals surface area contributed by atoms with Crippen LogP contribution in [0.1, 0.15) is 148 Å². The number of carbonyl (C=O) groups is 1. The number of hydrogen-bond acceptors (Lipinski definition) is 3. The van der Waals surface area contributed by atoms with Gasteiger partial charge in [-0.2, -0.15) is 0 Å². The first-order valence-electron chi connectivity index (χ1n) is 33.2. The molecule has 0 saturated carbocycles. The van der Waals surface area contributed by atoms with Gasteiger partial charge in [0, 0.05) is 35.0 Å². The van der Waals surface area contributed by atoms with Gasteiger partial charge in [0.25, 0.3) is 0 Å². The lowest BCUT2D eigenvalue weighted by atomic mass is 9.76. The highest BCUT2D eigenvalue weighted by Gasteiger charge is 2.49. The second-order valence-corrected chi connectivity index (χ2v) is 25.8. The average Bonchev–Trinajstić information content (AvgIpc) is 1.53. The summed E-state index contributed by atoms with van der Waals surface area (Å²) in [5.74, 6) is -1.73. The first-order valence-corrected chi connectivity index (χ1v) is 33.2. The molecule has 14 aromatic rings. The van der Waals surface area contributed by atoms with Gasteiger partial charge >= 0.3 is 0 Å². The normalized spacial score (nSPS) is 15.6. The molecule has 2 aliphatic rings. The van der Waals surface area contributed by atoms with Crippen LogP contribution in [0.4, 0.5) is 11.4 Å². The van der Waals surface area contributed by atoms with Crippen molar-refractivity contribution in [1.82, 2.24) is 0 Å². The summed E-state index contributed by atoms with van der Waals surface area (Å²) in [5.41, 5.74) is 22.9. The molecule has 3 nitrogen and oxygen atoms in total. The number of ketones is 1. The molecule has 0 aromatic heterocycles. The monoisotopic (exact) mass is 1210 g/mol. The number of rotatable bonds is 18. The Bertz CT molecular complexity index is 4330. The molecular formula is C91H72N2O. The predicted molar refractivity (Wildman–Crippen MR) is 389 cm³/mol. The van der Waals surface area contributed by atoms with Crippen molar-refractivity contribution in [2.75, 3.05) is 10.6 Å². The number of nitrogens with one attached hydrogen (secondary N) is 2. The largest absolute Gasteiger partial charge is 0.377 e. The summed E-state index contributed by atoms with van der Waals surface area (Å²) in [6, 6.07) is 123. The molecule has 0 spiro atoms. The zero-order valence-electron chi connectivity index (χ0n) is 52.9. The van der Waals surface area contributed by atoms with Crippen LogP contribution in [0.25, 0.3) is 21.5 Å². The first kappa shape index (κ1) is 58.0. The minimum absolute atomic E-state index is 0.163. The molecule has 4 atom stereocenters. The topological polar surface area (TPSA) is 41.1 Å². The Hall–Kier alpha value is -11.1. The smallest absolute Gasteiger partial charge is 0.152 e. The molecule has 4 unspecified atom stereocenters. The van der Waals surface area contributed by atoms with E-state index < -0.39 is 23.9 Å². The summed E-state index contributed by atoms with van der Waals surface area (Å²) < 4.78 is 0. The quantitative estimate of drug-likeness (QED) is 0.0842. The van der Waals surface area contributed by atoms with E-state index >= 15 is 4.79 Å². The zero-order chi connectivity index (χ0) is 63.1. The molecule has 14 aromatic carbocycles. The molecule has 0 radical (unpaired) electrons. The molecular weight excluding hydrogens is 1140 g/mol. The molecule has 0 bridgehead atoms. The number of benzene rings is 14. The van der Waals surface area contributed by atoms with Crippen LogP contribution < -0.4 is 10.6 Å². The van der Waals surface area contributed by atoms with E-state index in [9.17, 15) is 0 Å². The number of hydrogen-bond donors (Lipinski definition) is 2. The molecule has 0 amide bonds. The summed E-state index contributed by atoms with van der Waals surface area (Å²) in [5, 5.41) is 13.5. The van der Waals surface area contributed by atoms with Gasteiger partial charge in [-0.15, -0.1) is 0 Å². The number of anilines is 2. The van der Waals surface area contributed by atoms with Gasteiger partial charge in [-0.05, 0) is 124 Å². The van der Waals surface area contributed by atoms with Crippen LogP contribution in [-0.4, -0.2) is 5.78 Å². The lowest BCUT2D eigenvalue weighted by molar-refractivity contribution is -0.122. The zero-order valence-corrected chi connectivity index (χ0v) is 52.9. The highest BCUT2D eigenvalue weighted by Crippen LogP contribution is 2.57.